The van der Waals surface area contributed by atoms with Gasteiger partial charge in [0.25, 0.3) is 0 Å². The van der Waals surface area contributed by atoms with Gasteiger partial charge in [0.15, 0.2) is 5.41 Å². The van der Waals surface area contributed by atoms with E-state index >= 15 is 0 Å². The summed E-state index contributed by atoms with van der Waals surface area (Å²) in [6, 6.07) is 0. The van der Waals surface area contributed by atoms with E-state index in [0.717, 1.165) is 12.8 Å². The normalized spacial score (nSPS) is 29.1. The monoisotopic (exact) mass is 240 g/mol. The van der Waals surface area contributed by atoms with Gasteiger partial charge in [0.1, 0.15) is 0 Å². The third kappa shape index (κ3) is 1.94. The van der Waals surface area contributed by atoms with Crippen molar-refractivity contribution in [1.82, 2.24) is 0 Å². The van der Waals surface area contributed by atoms with Crippen LogP contribution in [-0.4, -0.2) is 25.2 Å². The van der Waals surface area contributed by atoms with E-state index in [4.69, 9.17) is 9.47 Å². The summed E-state index contributed by atoms with van der Waals surface area (Å²) in [4.78, 5) is 24.2. The van der Waals surface area contributed by atoms with E-state index in [-0.39, 0.29) is 11.9 Å². The number of rotatable bonds is 4. The van der Waals surface area contributed by atoms with Crippen LogP contribution in [0.2, 0.25) is 0 Å². The minimum absolute atomic E-state index is 0.315. The Morgan fingerprint density at radius 3 is 1.71 bits per heavy atom. The molecule has 0 N–H and O–H groups in total. The molecular formula is C13H20O4. The molecule has 0 bridgehead atoms. The Kier molecular flexibility index (Phi) is 3.40. The lowest BCUT2D eigenvalue weighted by molar-refractivity contribution is -0.171. The number of hydrogen-bond acceptors (Lipinski definition) is 4. The van der Waals surface area contributed by atoms with E-state index in [1.165, 1.54) is 0 Å². The summed E-state index contributed by atoms with van der Waals surface area (Å²) in [6.45, 7) is 4.16. The summed E-state index contributed by atoms with van der Waals surface area (Å²) in [5, 5.41) is 0. The third-order valence-electron chi connectivity index (χ3n) is 4.13. The number of ether oxygens (including phenoxy) is 2. The standard InChI is InChI=1S/C13H20O4/c1-3-16-11(14)13(12(15)17-4-2)7-9-5-6-10(9)8-13/h9-10H,3-8H2,1-2H3/t9-,10-/m1/s1. The average Bonchev–Trinajstić information content (AvgIpc) is 2.54. The van der Waals surface area contributed by atoms with E-state index in [1.807, 2.05) is 0 Å². The van der Waals surface area contributed by atoms with Crippen LogP contribution < -0.4 is 0 Å². The molecular weight excluding hydrogens is 220 g/mol. The van der Waals surface area contributed by atoms with Crippen molar-refractivity contribution < 1.29 is 19.1 Å². The highest BCUT2D eigenvalue weighted by Crippen LogP contribution is 2.56. The van der Waals surface area contributed by atoms with Crippen molar-refractivity contribution in [2.24, 2.45) is 17.3 Å². The van der Waals surface area contributed by atoms with Gasteiger partial charge >= 0.3 is 11.9 Å². The van der Waals surface area contributed by atoms with Crippen LogP contribution in [0.25, 0.3) is 0 Å². The fourth-order valence-electron chi connectivity index (χ4n) is 3.11. The molecule has 2 aliphatic rings. The van der Waals surface area contributed by atoms with Crippen molar-refractivity contribution in [3.63, 3.8) is 0 Å². The summed E-state index contributed by atoms with van der Waals surface area (Å²) in [5.74, 6) is 0.272. The van der Waals surface area contributed by atoms with E-state index in [1.54, 1.807) is 13.8 Å². The molecule has 0 amide bonds. The molecule has 2 fully saturated rings. The smallest absolute Gasteiger partial charge is 0.323 e. The Hall–Kier alpha value is -1.06. The SMILES string of the molecule is CCOC(=O)C1(C(=O)OCC)C[C@H]2CC[C@@H]2C1. The number of carbonyl (C=O) groups is 2. The maximum Gasteiger partial charge on any atom is 0.323 e. The fraction of sp³-hybridized carbons (Fsp3) is 0.846. The quantitative estimate of drug-likeness (QED) is 0.556. The molecule has 96 valence electrons. The summed E-state index contributed by atoms with van der Waals surface area (Å²) >= 11 is 0. The lowest BCUT2D eigenvalue weighted by Gasteiger charge is -2.29. The van der Waals surface area contributed by atoms with Gasteiger partial charge in [0, 0.05) is 0 Å². The second-order valence-electron chi connectivity index (χ2n) is 5.03. The molecule has 0 heterocycles. The number of esters is 2. The van der Waals surface area contributed by atoms with Crippen LogP contribution in [-0.2, 0) is 19.1 Å². The van der Waals surface area contributed by atoms with Gasteiger partial charge in [-0.15, -0.1) is 0 Å². The number of hydrogen-bond donors (Lipinski definition) is 0. The largest absolute Gasteiger partial charge is 0.465 e. The predicted molar refractivity (Wildman–Crippen MR) is 61.1 cm³/mol. The van der Waals surface area contributed by atoms with Gasteiger partial charge in [-0.25, -0.2) is 0 Å². The molecule has 17 heavy (non-hydrogen) atoms. The van der Waals surface area contributed by atoms with Crippen LogP contribution in [0.1, 0.15) is 39.5 Å². The van der Waals surface area contributed by atoms with E-state index in [2.05, 4.69) is 0 Å². The zero-order chi connectivity index (χ0) is 12.5. The van der Waals surface area contributed by atoms with Gasteiger partial charge in [-0.2, -0.15) is 0 Å². The first-order valence-electron chi connectivity index (χ1n) is 6.48. The summed E-state index contributed by atoms with van der Waals surface area (Å²) in [5.41, 5.74) is -1.00. The average molecular weight is 240 g/mol. The first-order chi connectivity index (χ1) is 8.14. The molecule has 2 aliphatic carbocycles. The van der Waals surface area contributed by atoms with Crippen LogP contribution in [0.3, 0.4) is 0 Å². The lowest BCUT2D eigenvalue weighted by atomic mass is 9.77. The van der Waals surface area contributed by atoms with Crippen molar-refractivity contribution in [2.45, 2.75) is 39.5 Å². The molecule has 4 nitrogen and oxygen atoms in total. The van der Waals surface area contributed by atoms with E-state index in [9.17, 15) is 9.59 Å². The Morgan fingerprint density at radius 1 is 1.00 bits per heavy atom. The molecule has 0 aromatic rings. The van der Waals surface area contributed by atoms with Crippen LogP contribution >= 0.6 is 0 Å². The molecule has 4 heteroatoms. The van der Waals surface area contributed by atoms with E-state index < -0.39 is 5.41 Å². The summed E-state index contributed by atoms with van der Waals surface area (Å²) in [7, 11) is 0. The van der Waals surface area contributed by atoms with Crippen molar-refractivity contribution in [1.29, 1.82) is 0 Å². The number of fused-ring (bicyclic) bond motifs is 1. The second-order valence-corrected chi connectivity index (χ2v) is 5.03. The van der Waals surface area contributed by atoms with Crippen LogP contribution in [0, 0.1) is 17.3 Å². The van der Waals surface area contributed by atoms with Gasteiger partial charge in [-0.1, -0.05) is 0 Å². The molecule has 0 aromatic heterocycles. The topological polar surface area (TPSA) is 52.6 Å². The van der Waals surface area contributed by atoms with Crippen molar-refractivity contribution in [3.05, 3.63) is 0 Å². The van der Waals surface area contributed by atoms with Gasteiger partial charge < -0.3 is 9.47 Å². The van der Waals surface area contributed by atoms with Crippen molar-refractivity contribution >= 4 is 11.9 Å². The number of carbonyl (C=O) groups excluding carboxylic acids is 2. The Morgan fingerprint density at radius 2 is 1.41 bits per heavy atom. The minimum atomic E-state index is -1.00. The van der Waals surface area contributed by atoms with E-state index in [0.29, 0.717) is 37.9 Å². The minimum Gasteiger partial charge on any atom is -0.465 e. The predicted octanol–water partition coefficient (Wildman–Crippen LogP) is 1.92. The third-order valence-corrected chi connectivity index (χ3v) is 4.13. The van der Waals surface area contributed by atoms with Gasteiger partial charge in [0.2, 0.25) is 0 Å². The Bertz CT molecular complexity index is 291. The molecule has 0 saturated heterocycles. The first kappa shape index (κ1) is 12.4. The Balaban J connectivity index is 2.17. The highest BCUT2D eigenvalue weighted by atomic mass is 16.6. The van der Waals surface area contributed by atoms with Crippen LogP contribution in [0.15, 0.2) is 0 Å². The van der Waals surface area contributed by atoms with Crippen LogP contribution in [0.4, 0.5) is 0 Å². The first-order valence-corrected chi connectivity index (χ1v) is 6.48. The molecule has 0 radical (unpaired) electrons. The molecule has 2 rings (SSSR count). The highest BCUT2D eigenvalue weighted by molar-refractivity contribution is 6.00. The maximum atomic E-state index is 12.1. The van der Waals surface area contributed by atoms with Gasteiger partial charge in [-0.3, -0.25) is 9.59 Å². The van der Waals surface area contributed by atoms with Crippen molar-refractivity contribution in [3.8, 4) is 0 Å². The van der Waals surface area contributed by atoms with Gasteiger partial charge in [-0.05, 0) is 51.4 Å². The fourth-order valence-corrected chi connectivity index (χ4v) is 3.11. The zero-order valence-electron chi connectivity index (χ0n) is 10.5. The Labute approximate surface area is 102 Å². The maximum absolute atomic E-state index is 12.1. The second kappa shape index (κ2) is 4.67. The molecule has 2 atom stereocenters. The summed E-state index contributed by atoms with van der Waals surface area (Å²) < 4.78 is 10.2. The van der Waals surface area contributed by atoms with Crippen molar-refractivity contribution in [2.75, 3.05) is 13.2 Å². The molecule has 0 spiro atoms. The molecule has 0 aromatic carbocycles. The van der Waals surface area contributed by atoms with Crippen LogP contribution in [0.5, 0.6) is 0 Å². The lowest BCUT2D eigenvalue weighted by Crippen LogP contribution is -2.40. The molecule has 2 saturated carbocycles. The van der Waals surface area contributed by atoms with Gasteiger partial charge in [0.05, 0.1) is 13.2 Å². The molecule has 0 aliphatic heterocycles. The summed E-state index contributed by atoms with van der Waals surface area (Å²) in [6.07, 6.45) is 3.50. The highest BCUT2D eigenvalue weighted by Gasteiger charge is 2.59. The zero-order valence-corrected chi connectivity index (χ0v) is 10.5. The molecule has 0 unspecified atom stereocenters.